The van der Waals surface area contributed by atoms with Gasteiger partial charge in [-0.05, 0) is 23.3 Å². The van der Waals surface area contributed by atoms with E-state index in [2.05, 4.69) is 22.1 Å². The van der Waals surface area contributed by atoms with Crippen molar-refractivity contribution >= 4 is 17.5 Å². The fourth-order valence-electron chi connectivity index (χ4n) is 2.88. The lowest BCUT2D eigenvalue weighted by atomic mass is 9.88. The van der Waals surface area contributed by atoms with Gasteiger partial charge >= 0.3 is 0 Å². The molecule has 0 N–H and O–H groups in total. The maximum atomic E-state index is 12.8. The molecule has 5 heteroatoms. The Kier molecular flexibility index (Phi) is 5.97. The average molecular weight is 366 g/mol. The minimum Gasteiger partial charge on any atom is -0.340 e. The van der Waals surface area contributed by atoms with E-state index in [4.69, 9.17) is 11.6 Å². The molecule has 0 unspecified atom stereocenters. The van der Waals surface area contributed by atoms with Crippen LogP contribution >= 0.6 is 11.6 Å². The van der Waals surface area contributed by atoms with Crippen LogP contribution in [0.4, 0.5) is 0 Å². The maximum Gasteiger partial charge on any atom is 0.223 e. The number of hydrogen-bond donors (Lipinski definition) is 0. The molecule has 3 aromatic rings. The summed E-state index contributed by atoms with van der Waals surface area (Å²) in [5.74, 6) is 0.0322. The lowest BCUT2D eigenvalue weighted by Gasteiger charge is -2.22. The van der Waals surface area contributed by atoms with Crippen molar-refractivity contribution in [2.75, 3.05) is 7.05 Å². The van der Waals surface area contributed by atoms with Gasteiger partial charge in [0.25, 0.3) is 0 Å². The molecule has 4 nitrogen and oxygen atoms in total. The van der Waals surface area contributed by atoms with Crippen LogP contribution in [0.5, 0.6) is 0 Å². The van der Waals surface area contributed by atoms with E-state index in [1.807, 2.05) is 42.5 Å². The first kappa shape index (κ1) is 18.1. The Balaban J connectivity index is 1.79. The molecule has 132 valence electrons. The summed E-state index contributed by atoms with van der Waals surface area (Å²) in [4.78, 5) is 22.8. The molecular formula is C21H20ClN3O. The molecule has 1 amide bonds. The number of benzene rings is 2. The van der Waals surface area contributed by atoms with Gasteiger partial charge in [0.1, 0.15) is 0 Å². The second-order valence-corrected chi connectivity index (χ2v) is 6.60. The van der Waals surface area contributed by atoms with E-state index in [9.17, 15) is 4.79 Å². The standard InChI is InChI=1S/C21H20ClN3O/c1-25(15-19-14-23-11-12-24-19)21(26)13-20(16-5-3-2-4-6-16)17-7-9-18(22)10-8-17/h2-12,14,20H,13,15H2,1H3/t20-/m0/s1. The van der Waals surface area contributed by atoms with Crippen molar-refractivity contribution in [1.82, 2.24) is 14.9 Å². The number of carbonyl (C=O) groups is 1. The van der Waals surface area contributed by atoms with Crippen LogP contribution in [0.3, 0.4) is 0 Å². The van der Waals surface area contributed by atoms with Gasteiger partial charge in [-0.1, -0.05) is 54.1 Å². The molecule has 1 aromatic heterocycles. The molecule has 0 fully saturated rings. The van der Waals surface area contributed by atoms with E-state index < -0.39 is 0 Å². The number of amides is 1. The smallest absolute Gasteiger partial charge is 0.223 e. The van der Waals surface area contributed by atoms with E-state index >= 15 is 0 Å². The van der Waals surface area contributed by atoms with E-state index in [1.54, 1.807) is 30.5 Å². The van der Waals surface area contributed by atoms with Crippen molar-refractivity contribution in [2.45, 2.75) is 18.9 Å². The summed E-state index contributed by atoms with van der Waals surface area (Å²) < 4.78 is 0. The van der Waals surface area contributed by atoms with Gasteiger partial charge in [-0.2, -0.15) is 0 Å². The quantitative estimate of drug-likeness (QED) is 0.653. The van der Waals surface area contributed by atoms with E-state index in [0.29, 0.717) is 18.0 Å². The van der Waals surface area contributed by atoms with Crippen molar-refractivity contribution in [2.24, 2.45) is 0 Å². The third-order valence-electron chi connectivity index (χ3n) is 4.29. The van der Waals surface area contributed by atoms with E-state index in [-0.39, 0.29) is 11.8 Å². The molecule has 0 aliphatic carbocycles. The fourth-order valence-corrected chi connectivity index (χ4v) is 3.01. The van der Waals surface area contributed by atoms with E-state index in [0.717, 1.165) is 16.8 Å². The Labute approximate surface area is 158 Å². The zero-order valence-corrected chi connectivity index (χ0v) is 15.3. The highest BCUT2D eigenvalue weighted by Gasteiger charge is 2.20. The van der Waals surface area contributed by atoms with Crippen molar-refractivity contribution in [3.63, 3.8) is 0 Å². The number of carbonyl (C=O) groups excluding carboxylic acids is 1. The Morgan fingerprint density at radius 3 is 2.38 bits per heavy atom. The van der Waals surface area contributed by atoms with Gasteiger partial charge in [-0.25, -0.2) is 0 Å². The molecule has 1 atom stereocenters. The second kappa shape index (κ2) is 8.59. The first-order valence-electron chi connectivity index (χ1n) is 8.43. The summed E-state index contributed by atoms with van der Waals surface area (Å²) in [6.45, 7) is 0.439. The summed E-state index contributed by atoms with van der Waals surface area (Å²) >= 11 is 6.02. The first-order chi connectivity index (χ1) is 12.6. The summed E-state index contributed by atoms with van der Waals surface area (Å²) in [5.41, 5.74) is 2.95. The number of halogens is 1. The highest BCUT2D eigenvalue weighted by atomic mass is 35.5. The molecule has 0 aliphatic rings. The van der Waals surface area contributed by atoms with Gasteiger partial charge in [0.05, 0.1) is 18.4 Å². The lowest BCUT2D eigenvalue weighted by molar-refractivity contribution is -0.130. The van der Waals surface area contributed by atoms with Gasteiger partial charge in [0, 0.05) is 36.8 Å². The van der Waals surface area contributed by atoms with Crippen molar-refractivity contribution < 1.29 is 4.79 Å². The van der Waals surface area contributed by atoms with Crippen LogP contribution in [-0.4, -0.2) is 27.8 Å². The summed E-state index contributed by atoms with van der Waals surface area (Å²) in [6.07, 6.45) is 5.31. The normalized spacial score (nSPS) is 11.8. The molecule has 1 heterocycles. The number of nitrogens with zero attached hydrogens (tertiary/aromatic N) is 3. The van der Waals surface area contributed by atoms with Gasteiger partial charge in [-0.3, -0.25) is 14.8 Å². The minimum atomic E-state index is -0.0229. The van der Waals surface area contributed by atoms with Crippen LogP contribution < -0.4 is 0 Å². The maximum absolute atomic E-state index is 12.8. The zero-order valence-electron chi connectivity index (χ0n) is 14.5. The molecule has 0 radical (unpaired) electrons. The van der Waals surface area contributed by atoms with Gasteiger partial charge in [0.15, 0.2) is 0 Å². The third kappa shape index (κ3) is 4.67. The van der Waals surface area contributed by atoms with Crippen LogP contribution in [0.25, 0.3) is 0 Å². The molecule has 0 bridgehead atoms. The lowest BCUT2D eigenvalue weighted by Crippen LogP contribution is -2.28. The molecule has 2 aromatic carbocycles. The largest absolute Gasteiger partial charge is 0.340 e. The molecular weight excluding hydrogens is 346 g/mol. The minimum absolute atomic E-state index is 0.0229. The number of aromatic nitrogens is 2. The zero-order chi connectivity index (χ0) is 18.4. The Morgan fingerprint density at radius 1 is 1.04 bits per heavy atom. The van der Waals surface area contributed by atoms with Crippen LogP contribution in [0.15, 0.2) is 73.2 Å². The summed E-state index contributed by atoms with van der Waals surface area (Å²) in [5, 5.41) is 0.687. The van der Waals surface area contributed by atoms with E-state index in [1.165, 1.54) is 0 Å². The van der Waals surface area contributed by atoms with Crippen LogP contribution in [0.2, 0.25) is 5.02 Å². The van der Waals surface area contributed by atoms with Crippen LogP contribution in [0, 0.1) is 0 Å². The molecule has 0 saturated heterocycles. The molecule has 0 aliphatic heterocycles. The third-order valence-corrected chi connectivity index (χ3v) is 4.55. The molecule has 26 heavy (non-hydrogen) atoms. The highest BCUT2D eigenvalue weighted by Crippen LogP contribution is 2.29. The molecule has 3 rings (SSSR count). The topological polar surface area (TPSA) is 46.1 Å². The Bertz CT molecular complexity index is 838. The van der Waals surface area contributed by atoms with Gasteiger partial charge in [-0.15, -0.1) is 0 Å². The average Bonchev–Trinajstić information content (AvgIpc) is 2.68. The van der Waals surface area contributed by atoms with Crippen molar-refractivity contribution in [3.05, 3.63) is 95.0 Å². The fraction of sp³-hybridized carbons (Fsp3) is 0.190. The highest BCUT2D eigenvalue weighted by molar-refractivity contribution is 6.30. The monoisotopic (exact) mass is 365 g/mol. The first-order valence-corrected chi connectivity index (χ1v) is 8.80. The number of rotatable bonds is 6. The molecule has 0 spiro atoms. The number of hydrogen-bond acceptors (Lipinski definition) is 3. The van der Waals surface area contributed by atoms with Crippen molar-refractivity contribution in [1.29, 1.82) is 0 Å². The summed E-state index contributed by atoms with van der Waals surface area (Å²) in [7, 11) is 1.79. The van der Waals surface area contributed by atoms with Gasteiger partial charge in [0.2, 0.25) is 5.91 Å². The second-order valence-electron chi connectivity index (χ2n) is 6.17. The van der Waals surface area contributed by atoms with Gasteiger partial charge < -0.3 is 4.90 Å². The predicted molar refractivity (Wildman–Crippen MR) is 103 cm³/mol. The van der Waals surface area contributed by atoms with Crippen molar-refractivity contribution in [3.8, 4) is 0 Å². The Hall–Kier alpha value is -2.72. The predicted octanol–water partition coefficient (Wildman–Crippen LogP) is 4.31. The SMILES string of the molecule is CN(Cc1cnccn1)C(=O)C[C@@H](c1ccccc1)c1ccc(Cl)cc1. The van der Waals surface area contributed by atoms with Crippen LogP contribution in [-0.2, 0) is 11.3 Å². The summed E-state index contributed by atoms with van der Waals surface area (Å²) in [6, 6.07) is 17.7. The molecule has 0 saturated carbocycles. The Morgan fingerprint density at radius 2 is 1.73 bits per heavy atom. The van der Waals surface area contributed by atoms with Crippen LogP contribution in [0.1, 0.15) is 29.2 Å².